The summed E-state index contributed by atoms with van der Waals surface area (Å²) in [6.45, 7) is 5.31. The molecule has 0 bridgehead atoms. The molecule has 0 atom stereocenters. The molecule has 31 heavy (non-hydrogen) atoms. The topological polar surface area (TPSA) is 84.4 Å². The lowest BCUT2D eigenvalue weighted by atomic mass is 10.1. The largest absolute Gasteiger partial charge is 0.379 e. The van der Waals surface area contributed by atoms with E-state index in [0.29, 0.717) is 17.8 Å². The predicted molar refractivity (Wildman–Crippen MR) is 121 cm³/mol. The second kappa shape index (κ2) is 10.00. The van der Waals surface area contributed by atoms with Crippen molar-refractivity contribution in [2.24, 2.45) is 0 Å². The molecule has 1 N–H and O–H groups in total. The van der Waals surface area contributed by atoms with Crippen molar-refractivity contribution in [3.8, 4) is 0 Å². The number of fused-ring (bicyclic) bond motifs is 1. The van der Waals surface area contributed by atoms with Crippen LogP contribution in [0.5, 0.6) is 0 Å². The normalized spacial score (nSPS) is 14.5. The first kappa shape index (κ1) is 21.4. The molecule has 8 heteroatoms. The molecule has 2 aromatic carbocycles. The number of carbonyl (C=O) groups excluding carboxylic acids is 2. The maximum Gasteiger partial charge on any atom is 0.221 e. The number of hydrogen-bond acceptors (Lipinski definition) is 7. The predicted octanol–water partition coefficient (Wildman–Crippen LogP) is 3.40. The first-order valence-electron chi connectivity index (χ1n) is 10.2. The Morgan fingerprint density at radius 2 is 1.81 bits per heavy atom. The number of aromatic nitrogens is 2. The van der Waals surface area contributed by atoms with Crippen molar-refractivity contribution in [1.82, 2.24) is 14.9 Å². The minimum Gasteiger partial charge on any atom is -0.379 e. The monoisotopic (exact) mass is 436 g/mol. The van der Waals surface area contributed by atoms with Gasteiger partial charge in [0.15, 0.2) is 5.78 Å². The van der Waals surface area contributed by atoms with E-state index in [-0.39, 0.29) is 17.4 Å². The number of thioether (sulfide) groups is 1. The van der Waals surface area contributed by atoms with Crippen LogP contribution in [0.15, 0.2) is 53.6 Å². The standard InChI is InChI=1S/C23H24N4O3S/c1-16(28)24-18-8-6-17(7-9-18)21(29)15-31-23-19-4-2-3-5-20(19)25-22(26-23)14-27-10-12-30-13-11-27/h2-9H,10-15H2,1H3,(H,24,28). The molecule has 0 spiro atoms. The van der Waals surface area contributed by atoms with Gasteiger partial charge in [0.2, 0.25) is 5.91 Å². The Morgan fingerprint density at radius 1 is 1.06 bits per heavy atom. The van der Waals surface area contributed by atoms with Gasteiger partial charge in [0, 0.05) is 36.7 Å². The van der Waals surface area contributed by atoms with Crippen molar-refractivity contribution < 1.29 is 14.3 Å². The van der Waals surface area contributed by atoms with Gasteiger partial charge in [-0.1, -0.05) is 30.0 Å². The number of anilines is 1. The van der Waals surface area contributed by atoms with E-state index in [1.807, 2.05) is 24.3 Å². The van der Waals surface area contributed by atoms with Crippen molar-refractivity contribution in [3.05, 3.63) is 59.9 Å². The number of carbonyl (C=O) groups is 2. The van der Waals surface area contributed by atoms with Crippen molar-refractivity contribution in [1.29, 1.82) is 0 Å². The van der Waals surface area contributed by atoms with Gasteiger partial charge in [-0.15, -0.1) is 0 Å². The third-order valence-corrected chi connectivity index (χ3v) is 5.94. The molecule has 7 nitrogen and oxygen atoms in total. The van der Waals surface area contributed by atoms with Gasteiger partial charge in [-0.05, 0) is 30.3 Å². The highest BCUT2D eigenvalue weighted by Gasteiger charge is 2.16. The van der Waals surface area contributed by atoms with Crippen LogP contribution < -0.4 is 5.32 Å². The summed E-state index contributed by atoms with van der Waals surface area (Å²) in [5.74, 6) is 0.905. The van der Waals surface area contributed by atoms with Crippen LogP contribution in [0.3, 0.4) is 0 Å². The van der Waals surface area contributed by atoms with Crippen molar-refractivity contribution in [3.63, 3.8) is 0 Å². The molecular formula is C23H24N4O3S. The number of rotatable bonds is 7. The summed E-state index contributed by atoms with van der Waals surface area (Å²) in [4.78, 5) is 35.6. The molecule has 160 valence electrons. The zero-order valence-electron chi connectivity index (χ0n) is 17.3. The van der Waals surface area contributed by atoms with E-state index in [2.05, 4.69) is 10.2 Å². The van der Waals surface area contributed by atoms with Crippen molar-refractivity contribution in [2.75, 3.05) is 37.4 Å². The third-order valence-electron chi connectivity index (χ3n) is 4.95. The first-order chi connectivity index (χ1) is 15.1. The third kappa shape index (κ3) is 5.66. The summed E-state index contributed by atoms with van der Waals surface area (Å²) in [6.07, 6.45) is 0. The van der Waals surface area contributed by atoms with Gasteiger partial charge < -0.3 is 10.1 Å². The Labute approximate surface area is 185 Å². The molecule has 1 fully saturated rings. The van der Waals surface area contributed by atoms with Crippen LogP contribution in [0, 0.1) is 0 Å². The fourth-order valence-corrected chi connectivity index (χ4v) is 4.33. The van der Waals surface area contributed by atoms with E-state index in [1.54, 1.807) is 24.3 Å². The molecule has 1 aliphatic heterocycles. The number of nitrogens with one attached hydrogen (secondary N) is 1. The number of morpholine rings is 1. The van der Waals surface area contributed by atoms with E-state index in [1.165, 1.54) is 18.7 Å². The minimum atomic E-state index is -0.141. The van der Waals surface area contributed by atoms with Crippen LogP contribution >= 0.6 is 11.8 Å². The van der Waals surface area contributed by atoms with Gasteiger partial charge in [-0.25, -0.2) is 9.97 Å². The van der Waals surface area contributed by atoms with E-state index < -0.39 is 0 Å². The zero-order valence-corrected chi connectivity index (χ0v) is 18.2. The quantitative estimate of drug-likeness (QED) is 0.345. The molecule has 1 aromatic heterocycles. The highest BCUT2D eigenvalue weighted by atomic mass is 32.2. The Hall–Kier alpha value is -2.81. The average Bonchev–Trinajstić information content (AvgIpc) is 2.78. The van der Waals surface area contributed by atoms with Gasteiger partial charge in [0.1, 0.15) is 10.9 Å². The van der Waals surface area contributed by atoms with Gasteiger partial charge in [0.05, 0.1) is 31.0 Å². The second-order valence-corrected chi connectivity index (χ2v) is 8.29. The Balaban J connectivity index is 1.49. The summed E-state index contributed by atoms with van der Waals surface area (Å²) < 4.78 is 5.42. The smallest absolute Gasteiger partial charge is 0.221 e. The highest BCUT2D eigenvalue weighted by molar-refractivity contribution is 8.00. The van der Waals surface area contributed by atoms with Crippen LogP contribution in [-0.2, 0) is 16.1 Å². The summed E-state index contributed by atoms with van der Waals surface area (Å²) in [5, 5.41) is 4.47. The number of ketones is 1. The number of nitrogens with zero attached hydrogens (tertiary/aromatic N) is 3. The lowest BCUT2D eigenvalue weighted by molar-refractivity contribution is -0.114. The maximum absolute atomic E-state index is 12.7. The molecule has 1 aliphatic rings. The maximum atomic E-state index is 12.7. The number of hydrogen-bond donors (Lipinski definition) is 1. The van der Waals surface area contributed by atoms with E-state index in [9.17, 15) is 9.59 Å². The summed E-state index contributed by atoms with van der Waals surface area (Å²) in [7, 11) is 0. The van der Waals surface area contributed by atoms with Crippen LogP contribution in [0.25, 0.3) is 10.9 Å². The van der Waals surface area contributed by atoms with Gasteiger partial charge in [0.25, 0.3) is 0 Å². The fraction of sp³-hybridized carbons (Fsp3) is 0.304. The Morgan fingerprint density at radius 3 is 2.55 bits per heavy atom. The zero-order chi connectivity index (χ0) is 21.6. The lowest BCUT2D eigenvalue weighted by Crippen LogP contribution is -2.36. The minimum absolute atomic E-state index is 0.0109. The molecule has 3 aromatic rings. The first-order valence-corrected chi connectivity index (χ1v) is 11.2. The van der Waals surface area contributed by atoms with E-state index in [0.717, 1.165) is 48.1 Å². The second-order valence-electron chi connectivity index (χ2n) is 7.32. The van der Waals surface area contributed by atoms with Crippen molar-refractivity contribution >= 4 is 40.0 Å². The number of Topliss-reactive ketones (excluding diaryl/α,β-unsaturated/α-hetero) is 1. The van der Waals surface area contributed by atoms with Gasteiger partial charge >= 0.3 is 0 Å². The summed E-state index contributed by atoms with van der Waals surface area (Å²) in [5.41, 5.74) is 2.16. The van der Waals surface area contributed by atoms with Crippen molar-refractivity contribution in [2.45, 2.75) is 18.5 Å². The molecule has 1 saturated heterocycles. The number of amides is 1. The van der Waals surface area contributed by atoms with E-state index >= 15 is 0 Å². The highest BCUT2D eigenvalue weighted by Crippen LogP contribution is 2.26. The molecule has 0 aliphatic carbocycles. The van der Waals surface area contributed by atoms with Gasteiger partial charge in [-0.2, -0.15) is 0 Å². The summed E-state index contributed by atoms with van der Waals surface area (Å²) >= 11 is 1.43. The van der Waals surface area contributed by atoms with Crippen LogP contribution in [0.2, 0.25) is 0 Å². The lowest BCUT2D eigenvalue weighted by Gasteiger charge is -2.25. The Bertz CT molecular complexity index is 1080. The molecule has 4 rings (SSSR count). The summed E-state index contributed by atoms with van der Waals surface area (Å²) in [6, 6.07) is 14.8. The molecule has 0 unspecified atom stereocenters. The Kier molecular flexibility index (Phi) is 6.91. The SMILES string of the molecule is CC(=O)Nc1ccc(C(=O)CSc2nc(CN3CCOCC3)nc3ccccc23)cc1. The molecule has 0 radical (unpaired) electrons. The van der Waals surface area contributed by atoms with Crippen LogP contribution in [0.4, 0.5) is 5.69 Å². The number of benzene rings is 2. The van der Waals surface area contributed by atoms with Gasteiger partial charge in [-0.3, -0.25) is 14.5 Å². The molecule has 0 saturated carbocycles. The average molecular weight is 437 g/mol. The number of para-hydroxylation sites is 1. The molecule has 2 heterocycles. The van der Waals surface area contributed by atoms with Crippen LogP contribution in [0.1, 0.15) is 23.1 Å². The number of ether oxygens (including phenoxy) is 1. The van der Waals surface area contributed by atoms with Crippen LogP contribution in [-0.4, -0.2) is 58.6 Å². The molecular weight excluding hydrogens is 412 g/mol. The molecule has 1 amide bonds. The fourth-order valence-electron chi connectivity index (χ4n) is 3.39. The van der Waals surface area contributed by atoms with E-state index in [4.69, 9.17) is 14.7 Å².